The van der Waals surface area contributed by atoms with Crippen molar-refractivity contribution in [2.45, 2.75) is 12.8 Å². The summed E-state index contributed by atoms with van der Waals surface area (Å²) in [4.78, 5) is 24.5. The maximum atomic E-state index is 11.9. The first-order valence-corrected chi connectivity index (χ1v) is 7.58. The summed E-state index contributed by atoms with van der Waals surface area (Å²) in [6, 6.07) is 6.08. The van der Waals surface area contributed by atoms with Gasteiger partial charge in [0.1, 0.15) is 5.92 Å². The van der Waals surface area contributed by atoms with Gasteiger partial charge < -0.3 is 5.32 Å². The second-order valence-corrected chi connectivity index (χ2v) is 6.10. The molecule has 1 amide bonds. The highest BCUT2D eigenvalue weighted by molar-refractivity contribution is 7.19. The predicted molar refractivity (Wildman–Crippen MR) is 87.4 cm³/mol. The molecule has 1 unspecified atom stereocenters. The summed E-state index contributed by atoms with van der Waals surface area (Å²) in [5, 5.41) is 3.65. The molecule has 1 aliphatic rings. The Morgan fingerprint density at radius 1 is 1.29 bits per heavy atom. The number of nitrogens with one attached hydrogen (secondary N) is 1. The number of carbonyl (C=O) groups excluding carboxylic acids is 2. The first-order chi connectivity index (χ1) is 10.1. The molecule has 0 bridgehead atoms. The van der Waals surface area contributed by atoms with E-state index in [1.165, 1.54) is 11.3 Å². The Bertz CT molecular complexity index is 769. The molecule has 106 valence electrons. The van der Waals surface area contributed by atoms with Crippen LogP contribution in [-0.4, -0.2) is 18.2 Å². The van der Waals surface area contributed by atoms with E-state index in [-0.39, 0.29) is 18.2 Å². The van der Waals surface area contributed by atoms with Crippen molar-refractivity contribution in [2.75, 3.05) is 6.54 Å². The van der Waals surface area contributed by atoms with Crippen LogP contribution >= 0.6 is 11.3 Å². The lowest BCUT2D eigenvalue weighted by Crippen LogP contribution is -2.17. The second-order valence-electron chi connectivity index (χ2n) is 4.99. The van der Waals surface area contributed by atoms with Crippen LogP contribution in [0.5, 0.6) is 0 Å². The fourth-order valence-electron chi connectivity index (χ4n) is 2.60. The Kier molecular flexibility index (Phi) is 3.47. The Balaban J connectivity index is 2.14. The van der Waals surface area contributed by atoms with Crippen LogP contribution in [0.2, 0.25) is 0 Å². The van der Waals surface area contributed by atoms with Crippen molar-refractivity contribution in [3.05, 3.63) is 46.9 Å². The number of amides is 1. The number of ketones is 1. The average molecular weight is 297 g/mol. The van der Waals surface area contributed by atoms with Gasteiger partial charge in [-0.1, -0.05) is 24.8 Å². The Morgan fingerprint density at radius 2 is 2.10 bits per heavy atom. The molecule has 2 aromatic rings. The number of carbonyl (C=O) groups is 2. The number of Topliss-reactive ketones (excluding diaryl/α,β-unsaturated/α-hetero) is 1. The van der Waals surface area contributed by atoms with Crippen molar-refractivity contribution >= 4 is 45.3 Å². The van der Waals surface area contributed by atoms with Gasteiger partial charge in [-0.2, -0.15) is 0 Å². The van der Waals surface area contributed by atoms with Crippen LogP contribution in [0.4, 0.5) is 0 Å². The van der Waals surface area contributed by atoms with Gasteiger partial charge in [0.25, 0.3) is 0 Å². The largest absolute Gasteiger partial charge is 0.348 e. The lowest BCUT2D eigenvalue weighted by atomic mass is 10.0. The van der Waals surface area contributed by atoms with E-state index in [0.717, 1.165) is 26.1 Å². The van der Waals surface area contributed by atoms with Gasteiger partial charge in [-0.3, -0.25) is 9.59 Å². The van der Waals surface area contributed by atoms with E-state index in [1.54, 1.807) is 0 Å². The zero-order valence-electron chi connectivity index (χ0n) is 11.7. The van der Waals surface area contributed by atoms with E-state index in [0.29, 0.717) is 0 Å². The van der Waals surface area contributed by atoms with Gasteiger partial charge in [0.05, 0.1) is 6.54 Å². The molecule has 1 aliphatic heterocycles. The molecule has 0 saturated carbocycles. The fraction of sp³-hybridized carbons (Fsp3) is 0.176. The van der Waals surface area contributed by atoms with Crippen LogP contribution < -0.4 is 5.32 Å². The average Bonchev–Trinajstić information content (AvgIpc) is 3.01. The van der Waals surface area contributed by atoms with Gasteiger partial charge in [-0.05, 0) is 41.6 Å². The maximum Gasteiger partial charge on any atom is 0.236 e. The molecule has 1 aromatic carbocycles. The smallest absolute Gasteiger partial charge is 0.236 e. The van der Waals surface area contributed by atoms with Crippen molar-refractivity contribution < 1.29 is 9.59 Å². The van der Waals surface area contributed by atoms with E-state index in [1.807, 2.05) is 31.2 Å². The van der Waals surface area contributed by atoms with Crippen molar-refractivity contribution in [1.29, 1.82) is 0 Å². The van der Waals surface area contributed by atoms with Crippen LogP contribution in [0.15, 0.2) is 30.9 Å². The minimum absolute atomic E-state index is 0.0517. The van der Waals surface area contributed by atoms with Crippen molar-refractivity contribution in [3.8, 4) is 0 Å². The molecule has 0 spiro atoms. The number of allylic oxidation sites excluding steroid dienone is 1. The summed E-state index contributed by atoms with van der Waals surface area (Å²) in [6.07, 6.45) is 5.83. The zero-order chi connectivity index (χ0) is 15.0. The predicted octanol–water partition coefficient (Wildman–Crippen LogP) is 3.36. The molecule has 3 rings (SSSR count). The van der Waals surface area contributed by atoms with Crippen LogP contribution in [0.25, 0.3) is 22.2 Å². The summed E-state index contributed by atoms with van der Waals surface area (Å²) in [5.74, 6) is -0.881. The van der Waals surface area contributed by atoms with Gasteiger partial charge in [-0.25, -0.2) is 0 Å². The zero-order valence-corrected chi connectivity index (χ0v) is 12.5. The number of benzene rings is 1. The molecule has 1 atom stereocenters. The van der Waals surface area contributed by atoms with Crippen molar-refractivity contribution in [2.24, 2.45) is 0 Å². The summed E-state index contributed by atoms with van der Waals surface area (Å²) in [6.45, 7) is 5.95. The monoisotopic (exact) mass is 297 g/mol. The lowest BCUT2D eigenvalue weighted by Gasteiger charge is -2.01. The quantitative estimate of drug-likeness (QED) is 0.883. The summed E-state index contributed by atoms with van der Waals surface area (Å²) < 4.78 is 1.08. The third-order valence-electron chi connectivity index (χ3n) is 3.61. The van der Waals surface area contributed by atoms with E-state index >= 15 is 0 Å². The summed E-state index contributed by atoms with van der Waals surface area (Å²) in [7, 11) is 0. The second kappa shape index (κ2) is 5.30. The van der Waals surface area contributed by atoms with Crippen LogP contribution in [0.1, 0.15) is 28.8 Å². The highest BCUT2D eigenvalue weighted by atomic mass is 32.1. The molecule has 1 saturated heterocycles. The minimum Gasteiger partial charge on any atom is -0.348 e. The molecule has 1 N–H and O–H groups in total. The molecule has 1 fully saturated rings. The number of hydrogen-bond donors (Lipinski definition) is 1. The number of thiophene rings is 1. The molecular weight excluding hydrogens is 282 g/mol. The number of hydrogen-bond acceptors (Lipinski definition) is 3. The molecule has 0 aliphatic carbocycles. The number of fused-ring (bicyclic) bond motifs is 1. The molecule has 2 heterocycles. The maximum absolute atomic E-state index is 11.9. The Morgan fingerprint density at radius 3 is 2.71 bits per heavy atom. The van der Waals surface area contributed by atoms with E-state index in [9.17, 15) is 9.59 Å². The molecule has 21 heavy (non-hydrogen) atoms. The van der Waals surface area contributed by atoms with Crippen LogP contribution in [0.3, 0.4) is 0 Å². The van der Waals surface area contributed by atoms with E-state index in [2.05, 4.69) is 24.0 Å². The van der Waals surface area contributed by atoms with Crippen molar-refractivity contribution in [3.63, 3.8) is 0 Å². The van der Waals surface area contributed by atoms with Crippen molar-refractivity contribution in [1.82, 2.24) is 5.32 Å². The number of rotatable bonds is 3. The molecule has 0 radical (unpaired) electrons. The third kappa shape index (κ3) is 2.32. The highest BCUT2D eigenvalue weighted by Gasteiger charge is 2.35. The fourth-order valence-corrected chi connectivity index (χ4v) is 3.81. The topological polar surface area (TPSA) is 46.2 Å². The Labute approximate surface area is 127 Å². The van der Waals surface area contributed by atoms with Gasteiger partial charge in [-0.15, -0.1) is 11.3 Å². The van der Waals surface area contributed by atoms with Crippen LogP contribution in [0, 0.1) is 0 Å². The highest BCUT2D eigenvalue weighted by Crippen LogP contribution is 2.35. The van der Waals surface area contributed by atoms with Crippen LogP contribution in [-0.2, 0) is 9.59 Å². The normalized spacial score (nSPS) is 18.6. The molecule has 4 heteroatoms. The van der Waals surface area contributed by atoms with Gasteiger partial charge >= 0.3 is 0 Å². The standard InChI is InChI=1S/C17H15NO2S/c1-3-5-11-7-14-12(6-10(11)4-2)8-15(21-14)16-13(19)9-18-17(16)20/h3-8,16H,2,9H2,1H3,(H,18,20)/b5-3-. The molecular formula is C17H15NO2S. The molecule has 3 nitrogen and oxygen atoms in total. The SMILES string of the molecule is C=Cc1cc2cc(C3C(=O)CNC3=O)sc2cc1/C=C\C. The van der Waals surface area contributed by atoms with Gasteiger partial charge in [0, 0.05) is 9.58 Å². The minimum atomic E-state index is -0.639. The first kappa shape index (κ1) is 13.8. The lowest BCUT2D eigenvalue weighted by molar-refractivity contribution is -0.124. The van der Waals surface area contributed by atoms with E-state index in [4.69, 9.17) is 0 Å². The third-order valence-corrected chi connectivity index (χ3v) is 4.78. The molecule has 1 aromatic heterocycles. The first-order valence-electron chi connectivity index (χ1n) is 6.77. The summed E-state index contributed by atoms with van der Waals surface area (Å²) in [5.41, 5.74) is 2.14. The summed E-state index contributed by atoms with van der Waals surface area (Å²) >= 11 is 1.51. The Hall–Kier alpha value is -2.20. The van der Waals surface area contributed by atoms with E-state index < -0.39 is 5.92 Å². The van der Waals surface area contributed by atoms with Gasteiger partial charge in [0.2, 0.25) is 5.91 Å². The van der Waals surface area contributed by atoms with Gasteiger partial charge in [0.15, 0.2) is 5.78 Å².